The van der Waals surface area contributed by atoms with Crippen molar-refractivity contribution in [1.29, 1.82) is 0 Å². The molecule has 0 spiro atoms. The van der Waals surface area contributed by atoms with E-state index in [-0.39, 0.29) is 62.0 Å². The first kappa shape index (κ1) is 86.2. The van der Waals surface area contributed by atoms with Gasteiger partial charge in [0.05, 0.1) is 11.7 Å². The second-order valence-corrected chi connectivity index (χ2v) is 29.8. The van der Waals surface area contributed by atoms with E-state index in [1.807, 2.05) is 41.5 Å². The highest BCUT2D eigenvalue weighted by Crippen LogP contribution is 2.27. The van der Waals surface area contributed by atoms with E-state index in [0.29, 0.717) is 31.6 Å². The lowest BCUT2D eigenvalue weighted by atomic mass is 9.91. The van der Waals surface area contributed by atoms with Crippen LogP contribution < -0.4 is 27.0 Å². The van der Waals surface area contributed by atoms with E-state index in [1.54, 1.807) is 60.6 Å². The molecule has 1 aliphatic heterocycles. The van der Waals surface area contributed by atoms with Crippen LogP contribution in [0, 0.1) is 35.5 Å². The summed E-state index contributed by atoms with van der Waals surface area (Å²) < 4.78 is 0. The van der Waals surface area contributed by atoms with Crippen molar-refractivity contribution in [2.24, 2.45) is 41.2 Å². The molecule has 11 amide bonds. The maximum Gasteiger partial charge on any atom is 0.246 e. The maximum absolute atomic E-state index is 15.3. The molecule has 8 N–H and O–H groups in total. The van der Waals surface area contributed by atoms with Crippen molar-refractivity contribution in [2.45, 2.75) is 254 Å². The molecule has 1 rings (SSSR count). The Kier molecular flexibility index (Phi) is 36.7. The van der Waals surface area contributed by atoms with Gasteiger partial charge in [0.25, 0.3) is 0 Å². The Labute approximate surface area is 567 Å². The average Bonchev–Trinajstić information content (AvgIpc) is 0.811. The van der Waals surface area contributed by atoms with E-state index < -0.39 is 161 Å². The summed E-state index contributed by atoms with van der Waals surface area (Å²) in [7, 11) is 9.85. The van der Waals surface area contributed by atoms with Crippen molar-refractivity contribution >= 4 is 76.7 Å². The number of likely N-dealkylation sites (N-methyl/N-ethyl adjacent to an activating group) is 7. The van der Waals surface area contributed by atoms with Gasteiger partial charge in [-0.25, -0.2) is 0 Å². The van der Waals surface area contributed by atoms with Gasteiger partial charge in [-0.2, -0.15) is 11.8 Å². The molecule has 0 bridgehead atoms. The van der Waals surface area contributed by atoms with Gasteiger partial charge in [-0.3, -0.25) is 52.7 Å². The summed E-state index contributed by atoms with van der Waals surface area (Å²) >= 11 is 1.36. The first-order valence-corrected chi connectivity index (χ1v) is 35.0. The zero-order valence-corrected chi connectivity index (χ0v) is 62.4. The summed E-state index contributed by atoms with van der Waals surface area (Å²) in [5.74, 6) is -9.51. The van der Waals surface area contributed by atoms with E-state index in [9.17, 15) is 34.2 Å². The maximum atomic E-state index is 15.3. The van der Waals surface area contributed by atoms with E-state index in [2.05, 4.69) is 21.3 Å². The summed E-state index contributed by atoms with van der Waals surface area (Å²) in [6, 6.07) is -14.4. The summed E-state index contributed by atoms with van der Waals surface area (Å²) in [6.45, 7) is 29.5. The number of carbonyl (C=O) groups is 11. The molecule has 1 saturated heterocycles. The van der Waals surface area contributed by atoms with Gasteiger partial charge in [-0.05, 0) is 134 Å². The van der Waals surface area contributed by atoms with Crippen LogP contribution in [0.2, 0.25) is 0 Å². The number of carbonyl (C=O) groups excluding carboxylic acids is 11. The number of hydrogen-bond acceptors (Lipinski definition) is 15. The fourth-order valence-electron chi connectivity index (χ4n) is 11.6. The van der Waals surface area contributed by atoms with Gasteiger partial charge in [0.2, 0.25) is 65.0 Å². The lowest BCUT2D eigenvalue weighted by molar-refractivity contribution is -0.157. The molecule has 0 unspecified atom stereocenters. The van der Waals surface area contributed by atoms with Crippen molar-refractivity contribution in [1.82, 2.24) is 55.6 Å². The SMILES string of the molecule is C/C=C/C[C@@H](C)[C@@H](O)[C@H]1C(=O)N[C@H](CC)C(=O)N(C)[C@H](CSCCCCN)C(=O)N(C)[C@@H](CC(C)(C)O)C(=O)N[C@H](C(C)C)C(=O)N(C)[C@H](CCC(C)C)C(=O)N[C@H](C)C(=O)N[C@@H](C)C(=O)N(C)[C@@H](CC(C)C)C(=O)N(C)[C@H](CC(C)C)C(=O)N(C)[C@H](C(C)C)C(=O)N1C. The highest BCUT2D eigenvalue weighted by Gasteiger charge is 2.47. The van der Waals surface area contributed by atoms with Crippen LogP contribution in [0.5, 0.6) is 0 Å². The summed E-state index contributed by atoms with van der Waals surface area (Å²) in [5.41, 5.74) is 4.23. The number of rotatable bonds is 22. The van der Waals surface area contributed by atoms with Gasteiger partial charge in [-0.15, -0.1) is 0 Å². The normalized spacial score (nSPS) is 26.4. The monoisotopic (exact) mass is 1350 g/mol. The third-order valence-electron chi connectivity index (χ3n) is 17.7. The summed E-state index contributed by atoms with van der Waals surface area (Å²) in [4.78, 5) is 172. The molecule has 1 fully saturated rings. The molecular weight excluding hydrogens is 1220 g/mol. The van der Waals surface area contributed by atoms with Crippen molar-refractivity contribution in [3.63, 3.8) is 0 Å². The van der Waals surface area contributed by atoms with E-state index in [0.717, 1.165) is 9.80 Å². The molecule has 0 aromatic carbocycles. The van der Waals surface area contributed by atoms with Crippen LogP contribution in [0.1, 0.15) is 175 Å². The predicted molar refractivity (Wildman–Crippen MR) is 369 cm³/mol. The molecule has 0 aromatic heterocycles. The van der Waals surface area contributed by atoms with Crippen LogP contribution in [0.15, 0.2) is 12.2 Å². The number of amides is 11. The molecule has 0 saturated carbocycles. The third kappa shape index (κ3) is 25.3. The van der Waals surface area contributed by atoms with Gasteiger partial charge in [0, 0.05) is 61.5 Å². The second kappa shape index (κ2) is 40.0. The number of thioether (sulfide) groups is 1. The molecular formula is C68H124N12O13S. The molecule has 540 valence electrons. The van der Waals surface area contributed by atoms with E-state index in [4.69, 9.17) is 5.73 Å². The van der Waals surface area contributed by atoms with Crippen LogP contribution in [0.4, 0.5) is 0 Å². The number of nitrogens with one attached hydrogen (secondary N) is 4. The molecule has 0 aliphatic carbocycles. The number of aliphatic hydroxyl groups excluding tert-OH is 1. The number of allylic oxidation sites excluding steroid dienone is 2. The molecule has 94 heavy (non-hydrogen) atoms. The number of unbranched alkanes of at least 4 members (excludes halogenated alkanes) is 1. The Hall–Kier alpha value is -5.86. The third-order valence-corrected chi connectivity index (χ3v) is 18.9. The topological polar surface area (TPSA) is 325 Å². The molecule has 0 radical (unpaired) electrons. The Morgan fingerprint density at radius 2 is 1.00 bits per heavy atom. The van der Waals surface area contributed by atoms with Crippen LogP contribution in [-0.2, 0) is 52.7 Å². The molecule has 0 aromatic rings. The number of hydrogen-bond donors (Lipinski definition) is 7. The quantitative estimate of drug-likeness (QED) is 0.0602. The minimum absolute atomic E-state index is 0.00774. The largest absolute Gasteiger partial charge is 0.390 e. The lowest BCUT2D eigenvalue weighted by Crippen LogP contribution is -2.64. The standard InChI is InChI=1S/C68H124N12O13S/c1-25-27-30-44(13)56(81)55-60(85)72-47(26-2)62(87)78(22)52(38-94-34-29-28-33-69)65(90)77(21)51(37-68(16,17)93)59(84)73-53(42(9)10)66(91)74(18)48(32-31-39(3)4)58(83)70-45(14)57(82)71-46(15)61(86)75(19)49(35-40(5)6)63(88)76(20)50(36-41(7)8)64(89)79(23)54(43(11)12)67(92)80(55)24/h25,27,39-56,81,93H,26,28-38,69H2,1-24H3,(H,70,83)(H,71,82)(H,72,85)(H,73,84)/b27-25+/t44-,45-,46+,47-,48-,49+,50-,51+,52-,53-,54-,55+,56-/m1/s1. The van der Waals surface area contributed by atoms with E-state index in [1.165, 1.54) is 113 Å². The first-order valence-electron chi connectivity index (χ1n) is 33.8. The summed E-state index contributed by atoms with van der Waals surface area (Å²) in [5, 5.41) is 34.7. The second-order valence-electron chi connectivity index (χ2n) is 28.6. The predicted octanol–water partition coefficient (Wildman–Crippen LogP) is 3.61. The van der Waals surface area contributed by atoms with Gasteiger partial charge in [0.15, 0.2) is 0 Å². The number of nitrogens with zero attached hydrogens (tertiary/aromatic N) is 7. The Balaban J connectivity index is 4.57. The van der Waals surface area contributed by atoms with Crippen LogP contribution in [0.25, 0.3) is 0 Å². The molecule has 1 heterocycles. The minimum Gasteiger partial charge on any atom is -0.390 e. The highest BCUT2D eigenvalue weighted by atomic mass is 32.2. The van der Waals surface area contributed by atoms with Crippen LogP contribution in [0.3, 0.4) is 0 Å². The van der Waals surface area contributed by atoms with Gasteiger partial charge in [-0.1, -0.05) is 95.2 Å². The van der Waals surface area contributed by atoms with Crippen molar-refractivity contribution in [3.8, 4) is 0 Å². The van der Waals surface area contributed by atoms with Crippen molar-refractivity contribution in [3.05, 3.63) is 12.2 Å². The zero-order valence-electron chi connectivity index (χ0n) is 61.5. The Bertz CT molecular complexity index is 2550. The molecule has 13 atom stereocenters. The fourth-order valence-corrected chi connectivity index (χ4v) is 12.8. The molecule has 1 aliphatic rings. The highest BCUT2D eigenvalue weighted by molar-refractivity contribution is 7.99. The number of nitrogens with two attached hydrogens (primary N) is 1. The smallest absolute Gasteiger partial charge is 0.246 e. The van der Waals surface area contributed by atoms with Crippen LogP contribution >= 0.6 is 11.8 Å². The van der Waals surface area contributed by atoms with Crippen molar-refractivity contribution < 1.29 is 63.0 Å². The average molecular weight is 1350 g/mol. The van der Waals surface area contributed by atoms with Gasteiger partial charge in [0.1, 0.15) is 66.5 Å². The van der Waals surface area contributed by atoms with Crippen LogP contribution in [-0.4, -0.2) is 255 Å². The Morgan fingerprint density at radius 1 is 0.532 bits per heavy atom. The van der Waals surface area contributed by atoms with Gasteiger partial charge >= 0.3 is 0 Å². The lowest BCUT2D eigenvalue weighted by Gasteiger charge is -2.41. The van der Waals surface area contributed by atoms with Crippen molar-refractivity contribution in [2.75, 3.05) is 67.4 Å². The fraction of sp³-hybridized carbons (Fsp3) is 0.809. The molecule has 25 nitrogen and oxygen atoms in total. The zero-order chi connectivity index (χ0) is 72.7. The van der Waals surface area contributed by atoms with E-state index >= 15 is 28.8 Å². The summed E-state index contributed by atoms with van der Waals surface area (Å²) in [6.07, 6.45) is 4.19. The van der Waals surface area contributed by atoms with Gasteiger partial charge < -0.3 is 71.5 Å². The Morgan fingerprint density at radius 3 is 1.48 bits per heavy atom. The molecule has 26 heteroatoms. The first-order chi connectivity index (χ1) is 43.5. The number of aliphatic hydroxyl groups is 2. The minimum atomic E-state index is -1.66.